The summed E-state index contributed by atoms with van der Waals surface area (Å²) in [6.45, 7) is 8.12. The SMILES string of the molecule is Cc1cccc(Nc2nc(C)c3nc(C)n(-c4cccc(C)c4)c3n2)c1. The fourth-order valence-electron chi connectivity index (χ4n) is 3.19. The zero-order valence-corrected chi connectivity index (χ0v) is 15.4. The molecule has 0 unspecified atom stereocenters. The lowest BCUT2D eigenvalue weighted by Crippen LogP contribution is -2.03. The van der Waals surface area contributed by atoms with Crippen LogP contribution in [0.4, 0.5) is 11.6 Å². The van der Waals surface area contributed by atoms with Crippen LogP contribution in [0.2, 0.25) is 0 Å². The highest BCUT2D eigenvalue weighted by molar-refractivity contribution is 5.78. The Balaban J connectivity index is 1.86. The normalized spacial score (nSPS) is 11.1. The van der Waals surface area contributed by atoms with Crippen LogP contribution >= 0.6 is 0 Å². The topological polar surface area (TPSA) is 55.6 Å². The molecule has 1 N–H and O–H groups in total. The second-order valence-electron chi connectivity index (χ2n) is 6.63. The highest BCUT2D eigenvalue weighted by Gasteiger charge is 2.15. The molecule has 26 heavy (non-hydrogen) atoms. The van der Waals surface area contributed by atoms with Gasteiger partial charge in [0.2, 0.25) is 5.95 Å². The number of nitrogens with zero attached hydrogens (tertiary/aromatic N) is 4. The number of hydrogen-bond acceptors (Lipinski definition) is 4. The van der Waals surface area contributed by atoms with Crippen LogP contribution in [0.15, 0.2) is 48.5 Å². The van der Waals surface area contributed by atoms with Gasteiger partial charge in [0.25, 0.3) is 0 Å². The molecule has 0 aliphatic carbocycles. The highest BCUT2D eigenvalue weighted by Crippen LogP contribution is 2.24. The minimum atomic E-state index is 0.578. The van der Waals surface area contributed by atoms with Crippen molar-refractivity contribution in [1.29, 1.82) is 0 Å². The Labute approximate surface area is 152 Å². The third kappa shape index (κ3) is 2.92. The van der Waals surface area contributed by atoms with Crippen LogP contribution in [-0.4, -0.2) is 19.5 Å². The van der Waals surface area contributed by atoms with E-state index < -0.39 is 0 Å². The van der Waals surface area contributed by atoms with E-state index in [9.17, 15) is 0 Å². The van der Waals surface area contributed by atoms with Crippen LogP contribution in [0, 0.1) is 27.7 Å². The maximum absolute atomic E-state index is 4.77. The number of nitrogens with one attached hydrogen (secondary N) is 1. The summed E-state index contributed by atoms with van der Waals surface area (Å²) in [5.41, 5.74) is 6.93. The van der Waals surface area contributed by atoms with Crippen LogP contribution in [0.5, 0.6) is 0 Å². The van der Waals surface area contributed by atoms with E-state index in [1.165, 1.54) is 11.1 Å². The van der Waals surface area contributed by atoms with E-state index >= 15 is 0 Å². The van der Waals surface area contributed by atoms with Crippen molar-refractivity contribution in [3.05, 3.63) is 71.2 Å². The van der Waals surface area contributed by atoms with Crippen LogP contribution < -0.4 is 5.32 Å². The highest BCUT2D eigenvalue weighted by atomic mass is 15.2. The summed E-state index contributed by atoms with van der Waals surface area (Å²) in [4.78, 5) is 14.1. The molecule has 0 amide bonds. The monoisotopic (exact) mass is 343 g/mol. The molecule has 130 valence electrons. The van der Waals surface area contributed by atoms with Crippen LogP contribution in [0.1, 0.15) is 22.6 Å². The number of aromatic nitrogens is 4. The fourth-order valence-corrected chi connectivity index (χ4v) is 3.19. The molecule has 0 radical (unpaired) electrons. The molecule has 2 aromatic carbocycles. The van der Waals surface area contributed by atoms with Gasteiger partial charge in [-0.2, -0.15) is 4.98 Å². The molecule has 0 fully saturated rings. The maximum Gasteiger partial charge on any atom is 0.229 e. The summed E-state index contributed by atoms with van der Waals surface area (Å²) in [7, 11) is 0. The van der Waals surface area contributed by atoms with E-state index in [-0.39, 0.29) is 0 Å². The third-order valence-corrected chi connectivity index (χ3v) is 4.38. The molecule has 0 aliphatic heterocycles. The van der Waals surface area contributed by atoms with Gasteiger partial charge in [-0.15, -0.1) is 0 Å². The van der Waals surface area contributed by atoms with Gasteiger partial charge in [-0.05, 0) is 63.1 Å². The van der Waals surface area contributed by atoms with E-state index in [0.29, 0.717) is 5.95 Å². The van der Waals surface area contributed by atoms with E-state index in [1.807, 2.05) is 26.0 Å². The molecular formula is C21H21N5. The van der Waals surface area contributed by atoms with E-state index in [4.69, 9.17) is 9.97 Å². The fraction of sp³-hybridized carbons (Fsp3) is 0.190. The molecule has 0 spiro atoms. The van der Waals surface area contributed by atoms with Crippen molar-refractivity contribution >= 4 is 22.8 Å². The maximum atomic E-state index is 4.77. The Kier molecular flexibility index (Phi) is 3.92. The van der Waals surface area contributed by atoms with Crippen LogP contribution in [0.3, 0.4) is 0 Å². The Morgan fingerprint density at radius 3 is 2.27 bits per heavy atom. The van der Waals surface area contributed by atoms with Gasteiger partial charge in [0.15, 0.2) is 5.65 Å². The molecule has 0 saturated carbocycles. The number of rotatable bonds is 3. The quantitative estimate of drug-likeness (QED) is 0.581. The lowest BCUT2D eigenvalue weighted by atomic mass is 10.2. The van der Waals surface area contributed by atoms with Gasteiger partial charge in [-0.1, -0.05) is 24.3 Å². The molecule has 4 rings (SSSR count). The molecule has 4 aromatic rings. The summed E-state index contributed by atoms with van der Waals surface area (Å²) in [6, 6.07) is 16.5. The first-order chi connectivity index (χ1) is 12.5. The molecule has 0 saturated heterocycles. The third-order valence-electron chi connectivity index (χ3n) is 4.38. The number of fused-ring (bicyclic) bond motifs is 1. The lowest BCUT2D eigenvalue weighted by molar-refractivity contribution is 0.983. The van der Waals surface area contributed by atoms with Gasteiger partial charge in [0.1, 0.15) is 11.3 Å². The number of benzene rings is 2. The Hall–Kier alpha value is -3.21. The van der Waals surface area contributed by atoms with E-state index in [2.05, 4.69) is 65.1 Å². The Morgan fingerprint density at radius 2 is 1.54 bits per heavy atom. The number of anilines is 2. The molecule has 5 heteroatoms. The predicted molar refractivity (Wildman–Crippen MR) is 105 cm³/mol. The first kappa shape index (κ1) is 16.3. The molecular weight excluding hydrogens is 322 g/mol. The minimum Gasteiger partial charge on any atom is -0.324 e. The number of hydrogen-bond donors (Lipinski definition) is 1. The molecule has 0 bridgehead atoms. The average Bonchev–Trinajstić information content (AvgIpc) is 2.91. The summed E-state index contributed by atoms with van der Waals surface area (Å²) < 4.78 is 2.08. The van der Waals surface area contributed by atoms with Crippen molar-refractivity contribution in [2.45, 2.75) is 27.7 Å². The number of imidazole rings is 1. The second-order valence-corrected chi connectivity index (χ2v) is 6.63. The van der Waals surface area contributed by atoms with Gasteiger partial charge >= 0.3 is 0 Å². The largest absolute Gasteiger partial charge is 0.324 e. The van der Waals surface area contributed by atoms with E-state index in [0.717, 1.165) is 34.1 Å². The van der Waals surface area contributed by atoms with Crippen molar-refractivity contribution in [3.8, 4) is 5.69 Å². The van der Waals surface area contributed by atoms with Crippen molar-refractivity contribution < 1.29 is 0 Å². The van der Waals surface area contributed by atoms with E-state index in [1.54, 1.807) is 0 Å². The molecule has 0 atom stereocenters. The van der Waals surface area contributed by atoms with Gasteiger partial charge in [-0.25, -0.2) is 9.97 Å². The molecule has 2 heterocycles. The predicted octanol–water partition coefficient (Wildman–Crippen LogP) is 4.79. The standard InChI is InChI=1S/C21H21N5/c1-13-7-5-9-17(11-13)24-21-22-15(3)19-20(25-21)26(16(4)23-19)18-10-6-8-14(2)12-18/h5-12H,1-4H3,(H,22,24,25). The van der Waals surface area contributed by atoms with Crippen molar-refractivity contribution in [2.24, 2.45) is 0 Å². The average molecular weight is 343 g/mol. The summed E-state index contributed by atoms with van der Waals surface area (Å²) >= 11 is 0. The molecule has 5 nitrogen and oxygen atoms in total. The van der Waals surface area contributed by atoms with Gasteiger partial charge in [0, 0.05) is 11.4 Å². The van der Waals surface area contributed by atoms with Crippen molar-refractivity contribution in [2.75, 3.05) is 5.32 Å². The van der Waals surface area contributed by atoms with Crippen molar-refractivity contribution in [1.82, 2.24) is 19.5 Å². The van der Waals surface area contributed by atoms with Crippen molar-refractivity contribution in [3.63, 3.8) is 0 Å². The number of aryl methyl sites for hydroxylation is 4. The summed E-state index contributed by atoms with van der Waals surface area (Å²) in [5, 5.41) is 3.31. The second kappa shape index (κ2) is 6.26. The zero-order chi connectivity index (χ0) is 18.3. The lowest BCUT2D eigenvalue weighted by Gasteiger charge is -2.10. The Morgan fingerprint density at radius 1 is 0.808 bits per heavy atom. The first-order valence-corrected chi connectivity index (χ1v) is 8.66. The summed E-state index contributed by atoms with van der Waals surface area (Å²) in [6.07, 6.45) is 0. The van der Waals surface area contributed by atoms with Crippen LogP contribution in [0.25, 0.3) is 16.9 Å². The smallest absolute Gasteiger partial charge is 0.229 e. The summed E-state index contributed by atoms with van der Waals surface area (Å²) in [5.74, 6) is 1.48. The van der Waals surface area contributed by atoms with Crippen LogP contribution in [-0.2, 0) is 0 Å². The van der Waals surface area contributed by atoms with Gasteiger partial charge in [-0.3, -0.25) is 4.57 Å². The first-order valence-electron chi connectivity index (χ1n) is 8.66. The molecule has 0 aliphatic rings. The molecule has 2 aromatic heterocycles. The zero-order valence-electron chi connectivity index (χ0n) is 15.4. The van der Waals surface area contributed by atoms with Gasteiger partial charge < -0.3 is 5.32 Å². The Bertz CT molecular complexity index is 1110. The minimum absolute atomic E-state index is 0.578. The van der Waals surface area contributed by atoms with Gasteiger partial charge in [0.05, 0.1) is 5.69 Å².